The van der Waals surface area contributed by atoms with Crippen molar-refractivity contribution in [1.29, 1.82) is 0 Å². The van der Waals surface area contributed by atoms with Gasteiger partial charge < -0.3 is 14.8 Å². The highest BCUT2D eigenvalue weighted by Crippen LogP contribution is 2.35. The fourth-order valence-corrected chi connectivity index (χ4v) is 3.33. The second-order valence-electron chi connectivity index (χ2n) is 6.70. The Morgan fingerprint density at radius 1 is 1.43 bits per heavy atom. The fraction of sp³-hybridized carbons (Fsp3) is 0.588. The lowest BCUT2D eigenvalue weighted by atomic mass is 9.73. The van der Waals surface area contributed by atoms with Crippen molar-refractivity contribution in [3.63, 3.8) is 0 Å². The largest absolute Gasteiger partial charge is 0.393 e. The van der Waals surface area contributed by atoms with Crippen LogP contribution in [-0.4, -0.2) is 27.1 Å². The van der Waals surface area contributed by atoms with Crippen molar-refractivity contribution in [3.05, 3.63) is 35.8 Å². The van der Waals surface area contributed by atoms with Crippen LogP contribution in [0.3, 0.4) is 0 Å². The van der Waals surface area contributed by atoms with Gasteiger partial charge in [0.1, 0.15) is 5.65 Å². The minimum Gasteiger partial charge on any atom is -0.393 e. The summed E-state index contributed by atoms with van der Waals surface area (Å²) in [6.45, 7) is 5.93. The Labute approximate surface area is 126 Å². The average molecular weight is 287 g/mol. The summed E-state index contributed by atoms with van der Waals surface area (Å²) in [5, 5.41) is 13.8. The summed E-state index contributed by atoms with van der Waals surface area (Å²) >= 11 is 0. The maximum Gasteiger partial charge on any atom is 0.136 e. The molecule has 2 unspecified atom stereocenters. The highest BCUT2D eigenvalue weighted by atomic mass is 16.3. The van der Waals surface area contributed by atoms with Crippen LogP contribution in [0.4, 0.5) is 0 Å². The van der Waals surface area contributed by atoms with E-state index < -0.39 is 0 Å². The van der Waals surface area contributed by atoms with E-state index in [1.54, 1.807) is 0 Å². The molecule has 0 aromatic carbocycles. The number of nitrogens with zero attached hydrogens (tertiary/aromatic N) is 2. The number of rotatable bonds is 4. The van der Waals surface area contributed by atoms with Crippen LogP contribution in [-0.2, 0) is 6.54 Å². The third-order valence-corrected chi connectivity index (χ3v) is 4.85. The van der Waals surface area contributed by atoms with Gasteiger partial charge in [0.25, 0.3) is 0 Å². The normalized spacial score (nSPS) is 26.3. The summed E-state index contributed by atoms with van der Waals surface area (Å²) < 4.78 is 2.14. The number of aromatic nitrogens is 2. The second kappa shape index (κ2) is 5.78. The Morgan fingerprint density at radius 2 is 2.29 bits per heavy atom. The van der Waals surface area contributed by atoms with E-state index >= 15 is 0 Å². The maximum atomic E-state index is 10.2. The number of aliphatic hydroxyl groups is 1. The minimum absolute atomic E-state index is 0.00859. The molecule has 4 heteroatoms. The summed E-state index contributed by atoms with van der Waals surface area (Å²) in [5.41, 5.74) is 3.40. The van der Waals surface area contributed by atoms with Gasteiger partial charge in [-0.3, -0.25) is 0 Å². The van der Waals surface area contributed by atoms with Crippen LogP contribution in [0.2, 0.25) is 0 Å². The fourth-order valence-electron chi connectivity index (χ4n) is 3.33. The van der Waals surface area contributed by atoms with Gasteiger partial charge in [0.15, 0.2) is 0 Å². The van der Waals surface area contributed by atoms with E-state index in [9.17, 15) is 5.11 Å². The maximum absolute atomic E-state index is 10.2. The second-order valence-corrected chi connectivity index (χ2v) is 6.70. The molecule has 1 aliphatic rings. The summed E-state index contributed by atoms with van der Waals surface area (Å²) in [4.78, 5) is 4.43. The van der Waals surface area contributed by atoms with E-state index in [0.29, 0.717) is 0 Å². The molecule has 21 heavy (non-hydrogen) atoms. The van der Waals surface area contributed by atoms with Gasteiger partial charge in [-0.15, -0.1) is 0 Å². The molecule has 0 radical (unpaired) electrons. The Bertz CT molecular complexity index is 622. The highest BCUT2D eigenvalue weighted by molar-refractivity contribution is 5.41. The zero-order valence-electron chi connectivity index (χ0n) is 13.0. The first-order valence-electron chi connectivity index (χ1n) is 7.90. The van der Waals surface area contributed by atoms with E-state index in [4.69, 9.17) is 0 Å². The van der Waals surface area contributed by atoms with Crippen molar-refractivity contribution in [2.24, 2.45) is 5.41 Å². The minimum atomic E-state index is -0.178. The van der Waals surface area contributed by atoms with E-state index in [-0.39, 0.29) is 11.5 Å². The van der Waals surface area contributed by atoms with Gasteiger partial charge in [-0.2, -0.15) is 0 Å². The van der Waals surface area contributed by atoms with Crippen LogP contribution in [0.25, 0.3) is 5.65 Å². The summed E-state index contributed by atoms with van der Waals surface area (Å²) in [6.07, 6.45) is 8.30. The van der Waals surface area contributed by atoms with Gasteiger partial charge in [0, 0.05) is 24.7 Å². The monoisotopic (exact) mass is 287 g/mol. The van der Waals surface area contributed by atoms with Crippen molar-refractivity contribution in [2.75, 3.05) is 6.54 Å². The highest BCUT2D eigenvalue weighted by Gasteiger charge is 2.34. The van der Waals surface area contributed by atoms with Gasteiger partial charge in [0.2, 0.25) is 0 Å². The Kier molecular flexibility index (Phi) is 4.00. The number of nitrogens with one attached hydrogen (secondary N) is 1. The molecule has 0 amide bonds. The third kappa shape index (κ3) is 2.97. The number of imidazole rings is 1. The molecule has 0 bridgehead atoms. The van der Waals surface area contributed by atoms with Crippen LogP contribution in [0.15, 0.2) is 24.5 Å². The predicted octanol–water partition coefficient (Wildman–Crippen LogP) is 2.67. The molecule has 1 saturated carbocycles. The number of aliphatic hydroxyl groups excluding tert-OH is 1. The molecule has 4 nitrogen and oxygen atoms in total. The standard InChI is InChI=1S/C17H25N3O/c1-13-6-7-16-19-10-14(20(16)11-13)9-18-12-17(2)8-4-3-5-15(17)21/h6-7,10-11,15,18,21H,3-5,8-9,12H2,1-2H3. The van der Waals surface area contributed by atoms with Crippen LogP contribution >= 0.6 is 0 Å². The molecule has 3 rings (SSSR count). The van der Waals surface area contributed by atoms with Gasteiger partial charge in [-0.05, 0) is 31.4 Å². The van der Waals surface area contributed by atoms with Crippen molar-refractivity contribution in [3.8, 4) is 0 Å². The van der Waals surface area contributed by atoms with Crippen LogP contribution in [0.1, 0.15) is 43.9 Å². The van der Waals surface area contributed by atoms with E-state index in [1.165, 1.54) is 17.7 Å². The molecule has 0 spiro atoms. The van der Waals surface area contributed by atoms with Crippen molar-refractivity contribution < 1.29 is 5.11 Å². The van der Waals surface area contributed by atoms with Gasteiger partial charge >= 0.3 is 0 Å². The van der Waals surface area contributed by atoms with E-state index in [2.05, 4.69) is 40.8 Å². The SMILES string of the molecule is Cc1ccc2ncc(CNCC3(C)CCCCC3O)n2c1. The average Bonchev–Trinajstić information content (AvgIpc) is 2.85. The number of fused-ring (bicyclic) bond motifs is 1. The Hall–Kier alpha value is -1.39. The Morgan fingerprint density at radius 3 is 3.10 bits per heavy atom. The number of pyridine rings is 1. The molecule has 1 aliphatic carbocycles. The van der Waals surface area contributed by atoms with Crippen molar-refractivity contribution in [2.45, 2.75) is 52.2 Å². The smallest absolute Gasteiger partial charge is 0.136 e. The van der Waals surface area contributed by atoms with Crippen LogP contribution in [0, 0.1) is 12.3 Å². The molecule has 2 aromatic heterocycles. The molecule has 0 aliphatic heterocycles. The molecule has 114 valence electrons. The lowest BCUT2D eigenvalue weighted by Gasteiger charge is -2.38. The topological polar surface area (TPSA) is 49.6 Å². The first-order valence-corrected chi connectivity index (χ1v) is 7.90. The molecular weight excluding hydrogens is 262 g/mol. The lowest BCUT2D eigenvalue weighted by molar-refractivity contribution is 0.00110. The van der Waals surface area contributed by atoms with Crippen molar-refractivity contribution >= 4 is 5.65 Å². The number of hydrogen-bond acceptors (Lipinski definition) is 3. The zero-order chi connectivity index (χ0) is 14.9. The lowest BCUT2D eigenvalue weighted by Crippen LogP contribution is -2.43. The van der Waals surface area contributed by atoms with Gasteiger partial charge in [-0.1, -0.05) is 25.8 Å². The first-order chi connectivity index (χ1) is 10.1. The predicted molar refractivity (Wildman–Crippen MR) is 84.2 cm³/mol. The Balaban J connectivity index is 1.65. The van der Waals surface area contributed by atoms with E-state index in [1.807, 2.05) is 12.3 Å². The molecule has 2 N–H and O–H groups in total. The molecule has 2 atom stereocenters. The summed E-state index contributed by atoms with van der Waals surface area (Å²) in [5.74, 6) is 0. The van der Waals surface area contributed by atoms with Crippen LogP contribution in [0.5, 0.6) is 0 Å². The quantitative estimate of drug-likeness (QED) is 0.909. The molecule has 1 fully saturated rings. The molecular formula is C17H25N3O. The van der Waals surface area contributed by atoms with Crippen molar-refractivity contribution in [1.82, 2.24) is 14.7 Å². The molecule has 2 heterocycles. The number of hydrogen-bond donors (Lipinski definition) is 2. The van der Waals surface area contributed by atoms with Crippen LogP contribution < -0.4 is 5.32 Å². The first kappa shape index (κ1) is 14.5. The molecule has 2 aromatic rings. The third-order valence-electron chi connectivity index (χ3n) is 4.85. The zero-order valence-corrected chi connectivity index (χ0v) is 13.0. The number of aryl methyl sites for hydroxylation is 1. The van der Waals surface area contributed by atoms with Gasteiger partial charge in [0.05, 0.1) is 18.0 Å². The summed E-state index contributed by atoms with van der Waals surface area (Å²) in [6, 6.07) is 4.13. The van der Waals surface area contributed by atoms with Gasteiger partial charge in [-0.25, -0.2) is 4.98 Å². The molecule has 0 saturated heterocycles. The van der Waals surface area contributed by atoms with E-state index in [0.717, 1.165) is 38.0 Å². The summed E-state index contributed by atoms with van der Waals surface area (Å²) in [7, 11) is 0.